The second-order valence-electron chi connectivity index (χ2n) is 7.86. The molecule has 2 aliphatic rings. The molecule has 7 nitrogen and oxygen atoms in total. The number of aliphatic hydroxyl groups excluding tert-OH is 1. The summed E-state index contributed by atoms with van der Waals surface area (Å²) in [7, 11) is 0. The van der Waals surface area contributed by atoms with E-state index in [1.165, 1.54) is 6.42 Å². The summed E-state index contributed by atoms with van der Waals surface area (Å²) in [4.78, 5) is 16.8. The standard InChI is InChI=1S/C21H33N3O4/c1-16-13-24(11-10-23(16)14-17(2)25)21(26)22-19-8-3-4-9-20(19)28-15-18-7-5-6-12-27-18/h3-4,8-9,16-18,25H,5-7,10-15H2,1-2H3,(H,22,26). The normalized spacial score (nSPS) is 24.6. The molecule has 2 heterocycles. The van der Waals surface area contributed by atoms with Crippen molar-refractivity contribution < 1.29 is 19.4 Å². The Balaban J connectivity index is 1.54. The molecule has 0 spiro atoms. The quantitative estimate of drug-likeness (QED) is 0.780. The van der Waals surface area contributed by atoms with Gasteiger partial charge in [0, 0.05) is 38.8 Å². The van der Waals surface area contributed by atoms with Gasteiger partial charge in [0.2, 0.25) is 0 Å². The third-order valence-electron chi connectivity index (χ3n) is 5.38. The first kappa shape index (κ1) is 20.9. The number of urea groups is 1. The Morgan fingerprint density at radius 3 is 2.89 bits per heavy atom. The highest BCUT2D eigenvalue weighted by Crippen LogP contribution is 2.25. The molecule has 3 unspecified atom stereocenters. The van der Waals surface area contributed by atoms with E-state index in [4.69, 9.17) is 9.47 Å². The number of nitrogens with one attached hydrogen (secondary N) is 1. The molecular weight excluding hydrogens is 358 g/mol. The average molecular weight is 392 g/mol. The Labute approximate surface area is 167 Å². The number of aliphatic hydroxyl groups is 1. The molecule has 156 valence electrons. The number of carbonyl (C=O) groups is 1. The van der Waals surface area contributed by atoms with E-state index in [9.17, 15) is 9.90 Å². The van der Waals surface area contributed by atoms with Crippen LogP contribution in [0, 0.1) is 0 Å². The first-order chi connectivity index (χ1) is 13.5. The number of anilines is 1. The van der Waals surface area contributed by atoms with Crippen LogP contribution in [0.2, 0.25) is 0 Å². The molecule has 2 fully saturated rings. The molecular formula is C21H33N3O4. The number of amides is 2. The van der Waals surface area contributed by atoms with Crippen LogP contribution in [-0.2, 0) is 4.74 Å². The van der Waals surface area contributed by atoms with Crippen LogP contribution in [0.3, 0.4) is 0 Å². The topological polar surface area (TPSA) is 74.3 Å². The smallest absolute Gasteiger partial charge is 0.322 e. The number of nitrogens with zero attached hydrogens (tertiary/aromatic N) is 2. The molecule has 3 rings (SSSR count). The minimum absolute atomic E-state index is 0.117. The van der Waals surface area contributed by atoms with Gasteiger partial charge in [0.15, 0.2) is 0 Å². The number of para-hydroxylation sites is 2. The van der Waals surface area contributed by atoms with Gasteiger partial charge in [-0.1, -0.05) is 12.1 Å². The van der Waals surface area contributed by atoms with Crippen LogP contribution in [0.4, 0.5) is 10.5 Å². The van der Waals surface area contributed by atoms with E-state index < -0.39 is 0 Å². The third kappa shape index (κ3) is 5.83. The van der Waals surface area contributed by atoms with E-state index in [1.807, 2.05) is 29.2 Å². The fraction of sp³-hybridized carbons (Fsp3) is 0.667. The van der Waals surface area contributed by atoms with Gasteiger partial charge >= 0.3 is 6.03 Å². The van der Waals surface area contributed by atoms with Gasteiger partial charge in [-0.3, -0.25) is 4.90 Å². The van der Waals surface area contributed by atoms with Crippen molar-refractivity contribution >= 4 is 11.7 Å². The number of hydrogen-bond donors (Lipinski definition) is 2. The van der Waals surface area contributed by atoms with Crippen molar-refractivity contribution in [2.24, 2.45) is 0 Å². The zero-order valence-corrected chi connectivity index (χ0v) is 17.0. The first-order valence-electron chi connectivity index (χ1n) is 10.3. The minimum atomic E-state index is -0.361. The Morgan fingerprint density at radius 1 is 1.36 bits per heavy atom. The van der Waals surface area contributed by atoms with E-state index in [2.05, 4.69) is 17.1 Å². The predicted octanol–water partition coefficient (Wildman–Crippen LogP) is 2.55. The molecule has 0 saturated carbocycles. The van der Waals surface area contributed by atoms with Crippen LogP contribution in [0.25, 0.3) is 0 Å². The zero-order valence-electron chi connectivity index (χ0n) is 17.0. The fourth-order valence-electron chi connectivity index (χ4n) is 3.80. The van der Waals surface area contributed by atoms with Gasteiger partial charge in [-0.2, -0.15) is 0 Å². The number of hydrogen-bond acceptors (Lipinski definition) is 5. The third-order valence-corrected chi connectivity index (χ3v) is 5.38. The molecule has 1 aromatic rings. The number of piperazine rings is 1. The molecule has 0 aromatic heterocycles. The first-order valence-corrected chi connectivity index (χ1v) is 10.3. The van der Waals surface area contributed by atoms with Crippen LogP contribution in [0.15, 0.2) is 24.3 Å². The summed E-state index contributed by atoms with van der Waals surface area (Å²) in [6, 6.07) is 7.63. The summed E-state index contributed by atoms with van der Waals surface area (Å²) in [6.07, 6.45) is 3.07. The lowest BCUT2D eigenvalue weighted by atomic mass is 10.1. The van der Waals surface area contributed by atoms with Gasteiger partial charge in [-0.25, -0.2) is 4.79 Å². The number of rotatable bonds is 6. The highest BCUT2D eigenvalue weighted by Gasteiger charge is 2.27. The van der Waals surface area contributed by atoms with Gasteiger partial charge in [0.25, 0.3) is 0 Å². The second kappa shape index (κ2) is 10.1. The number of benzene rings is 1. The molecule has 3 atom stereocenters. The lowest BCUT2D eigenvalue weighted by Gasteiger charge is -2.40. The molecule has 7 heteroatoms. The van der Waals surface area contributed by atoms with Crippen LogP contribution in [-0.4, -0.2) is 78.6 Å². The molecule has 0 radical (unpaired) electrons. The van der Waals surface area contributed by atoms with Crippen LogP contribution >= 0.6 is 0 Å². The molecule has 0 aliphatic carbocycles. The molecule has 1 aromatic carbocycles. The molecule has 0 bridgehead atoms. The summed E-state index contributed by atoms with van der Waals surface area (Å²) < 4.78 is 11.7. The maximum Gasteiger partial charge on any atom is 0.322 e. The molecule has 2 saturated heterocycles. The largest absolute Gasteiger partial charge is 0.489 e. The second-order valence-corrected chi connectivity index (χ2v) is 7.86. The van der Waals surface area contributed by atoms with Crippen molar-refractivity contribution in [3.05, 3.63) is 24.3 Å². The van der Waals surface area contributed by atoms with E-state index >= 15 is 0 Å². The minimum Gasteiger partial charge on any atom is -0.489 e. The molecule has 2 amide bonds. The Morgan fingerprint density at radius 2 is 2.18 bits per heavy atom. The van der Waals surface area contributed by atoms with E-state index in [0.29, 0.717) is 37.7 Å². The Hall–Kier alpha value is -1.83. The van der Waals surface area contributed by atoms with Gasteiger partial charge in [-0.15, -0.1) is 0 Å². The van der Waals surface area contributed by atoms with Gasteiger partial charge < -0.3 is 24.8 Å². The number of carbonyl (C=O) groups excluding carboxylic acids is 1. The Kier molecular flexibility index (Phi) is 7.53. The summed E-state index contributed by atoms with van der Waals surface area (Å²) in [5, 5.41) is 12.6. The SMILES string of the molecule is CC(O)CN1CCN(C(=O)Nc2ccccc2OCC2CCCCO2)CC1C. The van der Waals surface area contributed by atoms with E-state index in [0.717, 1.165) is 26.0 Å². The molecule has 2 N–H and O–H groups in total. The van der Waals surface area contributed by atoms with Crippen molar-refractivity contribution in [2.75, 3.05) is 44.7 Å². The molecule has 2 aliphatic heterocycles. The highest BCUT2D eigenvalue weighted by molar-refractivity contribution is 5.91. The Bertz CT molecular complexity index is 634. The number of ether oxygens (including phenoxy) is 2. The summed E-state index contributed by atoms with van der Waals surface area (Å²) in [5.74, 6) is 0.672. The zero-order chi connectivity index (χ0) is 19.9. The predicted molar refractivity (Wildman–Crippen MR) is 109 cm³/mol. The van der Waals surface area contributed by atoms with E-state index in [1.54, 1.807) is 6.92 Å². The lowest BCUT2D eigenvalue weighted by Crippen LogP contribution is -2.55. The van der Waals surface area contributed by atoms with Crippen molar-refractivity contribution in [1.82, 2.24) is 9.80 Å². The van der Waals surface area contributed by atoms with Crippen molar-refractivity contribution in [3.63, 3.8) is 0 Å². The maximum atomic E-state index is 12.8. The summed E-state index contributed by atoms with van der Waals surface area (Å²) in [6.45, 7) is 7.85. The van der Waals surface area contributed by atoms with E-state index in [-0.39, 0.29) is 24.3 Å². The van der Waals surface area contributed by atoms with Gasteiger partial charge in [0.1, 0.15) is 12.4 Å². The van der Waals surface area contributed by atoms with Crippen LogP contribution in [0.5, 0.6) is 5.75 Å². The van der Waals surface area contributed by atoms with Crippen LogP contribution in [0.1, 0.15) is 33.1 Å². The maximum absolute atomic E-state index is 12.8. The van der Waals surface area contributed by atoms with Crippen molar-refractivity contribution in [2.45, 2.75) is 51.4 Å². The fourth-order valence-corrected chi connectivity index (χ4v) is 3.80. The molecule has 28 heavy (non-hydrogen) atoms. The van der Waals surface area contributed by atoms with Crippen molar-refractivity contribution in [3.8, 4) is 5.75 Å². The van der Waals surface area contributed by atoms with Crippen molar-refractivity contribution in [1.29, 1.82) is 0 Å². The summed E-state index contributed by atoms with van der Waals surface area (Å²) >= 11 is 0. The van der Waals surface area contributed by atoms with Gasteiger partial charge in [-0.05, 0) is 45.2 Å². The van der Waals surface area contributed by atoms with Gasteiger partial charge in [0.05, 0.1) is 17.9 Å². The number of β-amino-alcohol motifs (C(OH)–C–C–N with tert-alkyl or cyclic N) is 1. The van der Waals surface area contributed by atoms with Crippen LogP contribution < -0.4 is 10.1 Å². The highest BCUT2D eigenvalue weighted by atomic mass is 16.5. The lowest BCUT2D eigenvalue weighted by molar-refractivity contribution is -0.0109. The monoisotopic (exact) mass is 391 g/mol. The average Bonchev–Trinajstić information content (AvgIpc) is 2.69. The summed E-state index contributed by atoms with van der Waals surface area (Å²) in [5.41, 5.74) is 0.683.